The molecule has 34 heavy (non-hydrogen) atoms. The van der Waals surface area contributed by atoms with Gasteiger partial charge in [-0.05, 0) is 58.7 Å². The number of ether oxygens (including phenoxy) is 1. The van der Waals surface area contributed by atoms with Crippen molar-refractivity contribution in [2.24, 2.45) is 0 Å². The van der Waals surface area contributed by atoms with Crippen LogP contribution in [0.25, 0.3) is 11.1 Å². The molecule has 1 saturated heterocycles. The molecule has 5 nitrogen and oxygen atoms in total. The molecule has 0 saturated carbocycles. The van der Waals surface area contributed by atoms with E-state index in [9.17, 15) is 4.79 Å². The van der Waals surface area contributed by atoms with Crippen molar-refractivity contribution in [2.75, 3.05) is 18.0 Å². The molecule has 5 rings (SSSR count). The Morgan fingerprint density at radius 1 is 0.765 bits per heavy atom. The monoisotopic (exact) mass is 469 g/mol. The highest BCUT2D eigenvalue weighted by Gasteiger charge is 2.29. The maximum atomic E-state index is 12.8. The van der Waals surface area contributed by atoms with E-state index in [1.165, 1.54) is 0 Å². The van der Waals surface area contributed by atoms with Crippen LogP contribution >= 0.6 is 11.6 Å². The van der Waals surface area contributed by atoms with E-state index in [-0.39, 0.29) is 6.03 Å². The number of urea groups is 1. The Morgan fingerprint density at radius 2 is 1.38 bits per heavy atom. The minimum atomic E-state index is 0.0284. The molecular weight excluding hydrogens is 446 g/mol. The highest BCUT2D eigenvalue weighted by atomic mass is 35.5. The SMILES string of the molecule is O=C1N(Cc2ccc(COc3ccc(-c4ccc(Cl)cc4)cc3)cc2)CCN1c1ccncc1. The molecule has 4 aromatic rings. The molecule has 1 aliphatic rings. The maximum absolute atomic E-state index is 12.8. The summed E-state index contributed by atoms with van der Waals surface area (Å²) in [4.78, 5) is 20.5. The summed E-state index contributed by atoms with van der Waals surface area (Å²) in [5, 5.41) is 0.730. The summed E-state index contributed by atoms with van der Waals surface area (Å²) in [5.41, 5.74) is 5.30. The van der Waals surface area contributed by atoms with E-state index in [0.717, 1.165) is 38.7 Å². The second-order valence-electron chi connectivity index (χ2n) is 8.20. The van der Waals surface area contributed by atoms with E-state index >= 15 is 0 Å². The van der Waals surface area contributed by atoms with Crippen LogP contribution in [0.2, 0.25) is 5.02 Å². The van der Waals surface area contributed by atoms with Gasteiger partial charge in [0.05, 0.1) is 0 Å². The fourth-order valence-corrected chi connectivity index (χ4v) is 4.13. The molecule has 1 fully saturated rings. The first-order valence-electron chi connectivity index (χ1n) is 11.2. The van der Waals surface area contributed by atoms with Gasteiger partial charge in [-0.3, -0.25) is 9.88 Å². The summed E-state index contributed by atoms with van der Waals surface area (Å²) < 4.78 is 5.96. The lowest BCUT2D eigenvalue weighted by Crippen LogP contribution is -2.31. The van der Waals surface area contributed by atoms with Gasteiger partial charge < -0.3 is 9.64 Å². The zero-order chi connectivity index (χ0) is 23.3. The largest absolute Gasteiger partial charge is 0.489 e. The highest BCUT2D eigenvalue weighted by Crippen LogP contribution is 2.25. The number of anilines is 1. The van der Waals surface area contributed by atoms with Crippen LogP contribution in [0, 0.1) is 0 Å². The number of hydrogen-bond acceptors (Lipinski definition) is 3. The van der Waals surface area contributed by atoms with Crippen molar-refractivity contribution in [1.29, 1.82) is 0 Å². The maximum Gasteiger partial charge on any atom is 0.324 e. The van der Waals surface area contributed by atoms with Crippen LogP contribution in [-0.2, 0) is 13.2 Å². The second kappa shape index (κ2) is 9.98. The van der Waals surface area contributed by atoms with E-state index in [2.05, 4.69) is 29.2 Å². The quantitative estimate of drug-likeness (QED) is 0.313. The Morgan fingerprint density at radius 3 is 2.06 bits per heavy atom. The molecular formula is C28H24ClN3O2. The Labute approximate surface area is 204 Å². The van der Waals surface area contributed by atoms with E-state index in [4.69, 9.17) is 16.3 Å². The highest BCUT2D eigenvalue weighted by molar-refractivity contribution is 6.30. The first kappa shape index (κ1) is 22.0. The molecule has 2 amide bonds. The number of carbonyl (C=O) groups excluding carboxylic acids is 1. The van der Waals surface area contributed by atoms with Gasteiger partial charge in [-0.15, -0.1) is 0 Å². The average Bonchev–Trinajstić information content (AvgIpc) is 3.25. The molecule has 170 valence electrons. The van der Waals surface area contributed by atoms with Gasteiger partial charge in [0.15, 0.2) is 0 Å². The lowest BCUT2D eigenvalue weighted by molar-refractivity contribution is 0.218. The number of amides is 2. The van der Waals surface area contributed by atoms with Gasteiger partial charge in [0.2, 0.25) is 0 Å². The molecule has 1 aromatic heterocycles. The summed E-state index contributed by atoms with van der Waals surface area (Å²) in [6, 6.07) is 27.8. The topological polar surface area (TPSA) is 45.7 Å². The summed E-state index contributed by atoms with van der Waals surface area (Å²) in [5.74, 6) is 0.820. The van der Waals surface area contributed by atoms with Crippen LogP contribution in [0.3, 0.4) is 0 Å². The van der Waals surface area contributed by atoms with Crippen molar-refractivity contribution < 1.29 is 9.53 Å². The lowest BCUT2D eigenvalue weighted by atomic mass is 10.1. The minimum Gasteiger partial charge on any atom is -0.489 e. The Bertz CT molecular complexity index is 1240. The fraction of sp³-hybridized carbons (Fsp3) is 0.143. The molecule has 3 aromatic carbocycles. The minimum absolute atomic E-state index is 0.0284. The van der Waals surface area contributed by atoms with Gasteiger partial charge in [0.25, 0.3) is 0 Å². The number of hydrogen-bond donors (Lipinski definition) is 0. The van der Waals surface area contributed by atoms with Crippen molar-refractivity contribution in [3.8, 4) is 16.9 Å². The van der Waals surface area contributed by atoms with Crippen molar-refractivity contribution in [1.82, 2.24) is 9.88 Å². The van der Waals surface area contributed by atoms with Crippen LogP contribution in [0.1, 0.15) is 11.1 Å². The van der Waals surface area contributed by atoms with Gasteiger partial charge >= 0.3 is 6.03 Å². The summed E-state index contributed by atoms with van der Waals surface area (Å²) >= 11 is 5.97. The standard InChI is InChI=1S/C28H24ClN3O2/c29-25-9-5-23(6-10-25)24-7-11-27(12-8-24)34-20-22-3-1-21(2-4-22)19-31-17-18-32(28(31)33)26-13-15-30-16-14-26/h1-16H,17-20H2. The zero-order valence-corrected chi connectivity index (χ0v) is 19.4. The first-order valence-corrected chi connectivity index (χ1v) is 11.6. The fourth-order valence-electron chi connectivity index (χ4n) is 4.01. The first-order chi connectivity index (χ1) is 16.7. The molecule has 0 aliphatic carbocycles. The molecule has 0 bridgehead atoms. The van der Waals surface area contributed by atoms with Gasteiger partial charge in [-0.25, -0.2) is 4.79 Å². The van der Waals surface area contributed by atoms with Crippen molar-refractivity contribution >= 4 is 23.3 Å². The number of carbonyl (C=O) groups is 1. The van der Waals surface area contributed by atoms with Crippen LogP contribution in [-0.4, -0.2) is 29.0 Å². The second-order valence-corrected chi connectivity index (χ2v) is 8.63. The van der Waals surface area contributed by atoms with E-state index in [0.29, 0.717) is 26.2 Å². The third kappa shape index (κ3) is 5.05. The van der Waals surface area contributed by atoms with Gasteiger partial charge in [-0.1, -0.05) is 60.1 Å². The number of pyridine rings is 1. The number of benzene rings is 3. The lowest BCUT2D eigenvalue weighted by Gasteiger charge is -2.18. The third-order valence-electron chi connectivity index (χ3n) is 5.90. The summed E-state index contributed by atoms with van der Waals surface area (Å²) in [6.45, 7) is 2.47. The zero-order valence-electron chi connectivity index (χ0n) is 18.6. The molecule has 0 unspecified atom stereocenters. The molecule has 2 heterocycles. The number of aromatic nitrogens is 1. The molecule has 0 radical (unpaired) electrons. The smallest absolute Gasteiger partial charge is 0.324 e. The molecule has 1 aliphatic heterocycles. The Balaban J connectivity index is 1.14. The summed E-state index contributed by atoms with van der Waals surface area (Å²) in [7, 11) is 0. The van der Waals surface area contributed by atoms with Gasteiger partial charge in [0, 0.05) is 42.7 Å². The van der Waals surface area contributed by atoms with E-state index in [1.54, 1.807) is 17.3 Å². The third-order valence-corrected chi connectivity index (χ3v) is 6.16. The Kier molecular flexibility index (Phi) is 6.45. The average molecular weight is 470 g/mol. The predicted octanol–water partition coefficient (Wildman–Crippen LogP) is 6.42. The number of halogens is 1. The predicted molar refractivity (Wildman–Crippen MR) is 135 cm³/mol. The number of nitrogens with zero attached hydrogens (tertiary/aromatic N) is 3. The van der Waals surface area contributed by atoms with Crippen molar-refractivity contribution in [3.05, 3.63) is 113 Å². The van der Waals surface area contributed by atoms with Crippen molar-refractivity contribution in [2.45, 2.75) is 13.2 Å². The summed E-state index contributed by atoms with van der Waals surface area (Å²) in [6.07, 6.45) is 3.42. The van der Waals surface area contributed by atoms with Gasteiger partial charge in [-0.2, -0.15) is 0 Å². The molecule has 0 atom stereocenters. The van der Waals surface area contributed by atoms with Crippen molar-refractivity contribution in [3.63, 3.8) is 0 Å². The van der Waals surface area contributed by atoms with E-state index in [1.807, 2.05) is 65.6 Å². The normalized spacial score (nSPS) is 13.4. The Hall–Kier alpha value is -3.83. The van der Waals surface area contributed by atoms with Crippen LogP contribution in [0.15, 0.2) is 97.3 Å². The molecule has 6 heteroatoms. The molecule has 0 spiro atoms. The van der Waals surface area contributed by atoms with Crippen LogP contribution in [0.5, 0.6) is 5.75 Å². The van der Waals surface area contributed by atoms with E-state index < -0.39 is 0 Å². The van der Waals surface area contributed by atoms with Gasteiger partial charge in [0.1, 0.15) is 12.4 Å². The van der Waals surface area contributed by atoms with Crippen LogP contribution < -0.4 is 9.64 Å². The van der Waals surface area contributed by atoms with Crippen LogP contribution in [0.4, 0.5) is 10.5 Å². The number of rotatable bonds is 7. The molecule has 0 N–H and O–H groups in total.